The van der Waals surface area contributed by atoms with Crippen LogP contribution < -0.4 is 0 Å². The predicted octanol–water partition coefficient (Wildman–Crippen LogP) is 3.24. The fourth-order valence-corrected chi connectivity index (χ4v) is 3.46. The largest absolute Gasteiger partial charge is 0.392 e. The topological polar surface area (TPSA) is 20.2 Å². The Balaban J connectivity index is 1.59. The second-order valence-corrected chi connectivity index (χ2v) is 6.63. The highest BCUT2D eigenvalue weighted by atomic mass is 127. The summed E-state index contributed by atoms with van der Waals surface area (Å²) in [5, 5.41) is 10.2. The molecule has 1 aromatic carbocycles. The molecule has 2 fully saturated rings. The molecule has 0 saturated heterocycles. The third-order valence-corrected chi connectivity index (χ3v) is 4.90. The molecule has 0 radical (unpaired) electrons. The van der Waals surface area contributed by atoms with E-state index < -0.39 is 0 Å². The first-order valence-corrected chi connectivity index (χ1v) is 7.23. The molecular formula is C14H17IO. The molecule has 2 aliphatic rings. The van der Waals surface area contributed by atoms with Crippen molar-refractivity contribution in [2.24, 2.45) is 17.8 Å². The van der Waals surface area contributed by atoms with Crippen molar-refractivity contribution in [3.05, 3.63) is 33.4 Å². The van der Waals surface area contributed by atoms with Gasteiger partial charge in [-0.1, -0.05) is 12.1 Å². The van der Waals surface area contributed by atoms with Crippen LogP contribution in [0.15, 0.2) is 24.3 Å². The fraction of sp³-hybridized carbons (Fsp3) is 0.571. The Bertz CT molecular complexity index is 363. The first kappa shape index (κ1) is 11.0. The summed E-state index contributed by atoms with van der Waals surface area (Å²) in [5.74, 6) is 2.51. The van der Waals surface area contributed by atoms with Crippen LogP contribution >= 0.6 is 22.6 Å². The van der Waals surface area contributed by atoms with E-state index >= 15 is 0 Å². The monoisotopic (exact) mass is 328 g/mol. The molecule has 2 heteroatoms. The molecule has 0 aromatic heterocycles. The van der Waals surface area contributed by atoms with Gasteiger partial charge in [0.15, 0.2) is 0 Å². The third-order valence-electron chi connectivity index (χ3n) is 4.18. The van der Waals surface area contributed by atoms with Crippen LogP contribution in [0, 0.1) is 21.3 Å². The Kier molecular flexibility index (Phi) is 2.96. The standard InChI is InChI=1S/C14H17IO/c15-13-3-1-9(2-4-13)5-14(16)12-7-10-6-11(10)8-12/h1-4,10-12,14,16H,5-8H2. The number of aliphatic hydroxyl groups excluding tert-OH is 1. The SMILES string of the molecule is OC(Cc1ccc(I)cc1)C1CC2CC2C1. The highest BCUT2D eigenvalue weighted by molar-refractivity contribution is 14.1. The molecule has 0 spiro atoms. The molecule has 1 aromatic rings. The predicted molar refractivity (Wildman–Crippen MR) is 73.2 cm³/mol. The van der Waals surface area contributed by atoms with E-state index in [1.165, 1.54) is 28.4 Å². The highest BCUT2D eigenvalue weighted by Gasteiger charge is 2.47. The van der Waals surface area contributed by atoms with E-state index in [1.807, 2.05) is 0 Å². The van der Waals surface area contributed by atoms with Crippen LogP contribution in [-0.2, 0) is 6.42 Å². The van der Waals surface area contributed by atoms with Gasteiger partial charge in [0.05, 0.1) is 6.10 Å². The van der Waals surface area contributed by atoms with Gasteiger partial charge >= 0.3 is 0 Å². The number of hydrogen-bond donors (Lipinski definition) is 1. The maximum absolute atomic E-state index is 10.2. The van der Waals surface area contributed by atoms with Crippen molar-refractivity contribution in [2.45, 2.75) is 31.8 Å². The Morgan fingerprint density at radius 1 is 1.12 bits per heavy atom. The Hall–Kier alpha value is -0.0900. The van der Waals surface area contributed by atoms with Gasteiger partial charge in [0.25, 0.3) is 0 Å². The van der Waals surface area contributed by atoms with Gasteiger partial charge in [-0.15, -0.1) is 0 Å². The van der Waals surface area contributed by atoms with E-state index in [0.29, 0.717) is 5.92 Å². The fourth-order valence-electron chi connectivity index (χ4n) is 3.10. The van der Waals surface area contributed by atoms with Crippen LogP contribution in [0.4, 0.5) is 0 Å². The summed E-state index contributed by atoms with van der Waals surface area (Å²) in [5.41, 5.74) is 1.27. The van der Waals surface area contributed by atoms with E-state index in [1.54, 1.807) is 0 Å². The molecule has 1 N–H and O–H groups in total. The van der Waals surface area contributed by atoms with Gasteiger partial charge < -0.3 is 5.11 Å². The van der Waals surface area contributed by atoms with E-state index in [-0.39, 0.29) is 6.10 Å². The molecule has 1 nitrogen and oxygen atoms in total. The summed E-state index contributed by atoms with van der Waals surface area (Å²) in [4.78, 5) is 0. The number of fused-ring (bicyclic) bond motifs is 1. The van der Waals surface area contributed by atoms with E-state index in [4.69, 9.17) is 0 Å². The first-order chi connectivity index (χ1) is 7.72. The lowest BCUT2D eigenvalue weighted by molar-refractivity contribution is 0.104. The van der Waals surface area contributed by atoms with Crippen LogP contribution in [0.2, 0.25) is 0 Å². The second-order valence-electron chi connectivity index (χ2n) is 5.39. The lowest BCUT2D eigenvalue weighted by Crippen LogP contribution is -2.21. The van der Waals surface area contributed by atoms with Crippen molar-refractivity contribution in [1.29, 1.82) is 0 Å². The zero-order chi connectivity index (χ0) is 11.1. The third kappa shape index (κ3) is 2.28. The van der Waals surface area contributed by atoms with Gasteiger partial charge in [-0.2, -0.15) is 0 Å². The van der Waals surface area contributed by atoms with Gasteiger partial charge in [0, 0.05) is 3.57 Å². The maximum Gasteiger partial charge on any atom is 0.0608 e. The number of halogens is 1. The molecule has 86 valence electrons. The van der Waals surface area contributed by atoms with Crippen LogP contribution in [0.25, 0.3) is 0 Å². The van der Waals surface area contributed by atoms with Crippen molar-refractivity contribution in [1.82, 2.24) is 0 Å². The summed E-state index contributed by atoms with van der Waals surface area (Å²) in [6, 6.07) is 8.52. The van der Waals surface area contributed by atoms with Crippen LogP contribution in [0.3, 0.4) is 0 Å². The average Bonchev–Trinajstić information content (AvgIpc) is 2.89. The molecule has 0 amide bonds. The van der Waals surface area contributed by atoms with Crippen molar-refractivity contribution < 1.29 is 5.11 Å². The van der Waals surface area contributed by atoms with Gasteiger partial charge in [-0.3, -0.25) is 0 Å². The van der Waals surface area contributed by atoms with Crippen molar-refractivity contribution in [3.8, 4) is 0 Å². The summed E-state index contributed by atoms with van der Waals surface area (Å²) in [6.07, 6.45) is 4.70. The normalized spacial score (nSPS) is 33.5. The minimum atomic E-state index is -0.118. The van der Waals surface area contributed by atoms with E-state index in [0.717, 1.165) is 18.3 Å². The van der Waals surface area contributed by atoms with Crippen LogP contribution in [0.1, 0.15) is 24.8 Å². The van der Waals surface area contributed by atoms with E-state index in [9.17, 15) is 5.11 Å². The van der Waals surface area contributed by atoms with Gasteiger partial charge in [-0.25, -0.2) is 0 Å². The number of hydrogen-bond acceptors (Lipinski definition) is 1. The van der Waals surface area contributed by atoms with Crippen molar-refractivity contribution >= 4 is 22.6 Å². The number of benzene rings is 1. The smallest absolute Gasteiger partial charge is 0.0608 e. The molecule has 3 atom stereocenters. The minimum Gasteiger partial charge on any atom is -0.392 e. The highest BCUT2D eigenvalue weighted by Crippen LogP contribution is 2.55. The Labute approximate surface area is 110 Å². The molecule has 3 rings (SSSR count). The summed E-state index contributed by atoms with van der Waals surface area (Å²) >= 11 is 2.31. The molecule has 0 bridgehead atoms. The Morgan fingerprint density at radius 3 is 2.38 bits per heavy atom. The second kappa shape index (κ2) is 4.30. The lowest BCUT2D eigenvalue weighted by atomic mass is 9.92. The molecule has 0 aliphatic heterocycles. The minimum absolute atomic E-state index is 0.118. The number of rotatable bonds is 3. The zero-order valence-corrected chi connectivity index (χ0v) is 11.4. The molecule has 2 saturated carbocycles. The summed E-state index contributed by atoms with van der Waals surface area (Å²) in [6.45, 7) is 0. The first-order valence-electron chi connectivity index (χ1n) is 6.15. The van der Waals surface area contributed by atoms with Gasteiger partial charge in [0.2, 0.25) is 0 Å². The van der Waals surface area contributed by atoms with E-state index in [2.05, 4.69) is 46.9 Å². The van der Waals surface area contributed by atoms with Crippen LogP contribution in [0.5, 0.6) is 0 Å². The lowest BCUT2D eigenvalue weighted by Gasteiger charge is -2.19. The molecule has 2 aliphatic carbocycles. The number of aliphatic hydroxyl groups is 1. The summed E-state index contributed by atoms with van der Waals surface area (Å²) in [7, 11) is 0. The molecule has 16 heavy (non-hydrogen) atoms. The van der Waals surface area contributed by atoms with Crippen molar-refractivity contribution in [2.75, 3.05) is 0 Å². The zero-order valence-electron chi connectivity index (χ0n) is 9.27. The van der Waals surface area contributed by atoms with Crippen LogP contribution in [-0.4, -0.2) is 11.2 Å². The van der Waals surface area contributed by atoms with Crippen molar-refractivity contribution in [3.63, 3.8) is 0 Å². The maximum atomic E-state index is 10.2. The molecular weight excluding hydrogens is 311 g/mol. The Morgan fingerprint density at radius 2 is 1.75 bits per heavy atom. The molecule has 3 unspecified atom stereocenters. The summed E-state index contributed by atoms with van der Waals surface area (Å²) < 4.78 is 1.26. The van der Waals surface area contributed by atoms with Gasteiger partial charge in [0.1, 0.15) is 0 Å². The quantitative estimate of drug-likeness (QED) is 0.845. The molecule has 0 heterocycles. The van der Waals surface area contributed by atoms with Gasteiger partial charge in [-0.05, 0) is 83.7 Å². The average molecular weight is 328 g/mol.